The van der Waals surface area contributed by atoms with E-state index in [2.05, 4.69) is 18.6 Å². The van der Waals surface area contributed by atoms with Crippen molar-refractivity contribution in [2.24, 2.45) is 0 Å². The third-order valence-electron chi connectivity index (χ3n) is 1.96. The van der Waals surface area contributed by atoms with Gasteiger partial charge in [0.1, 0.15) is 0 Å². The van der Waals surface area contributed by atoms with Crippen LogP contribution in [0.15, 0.2) is 24.3 Å². The van der Waals surface area contributed by atoms with Gasteiger partial charge in [0.25, 0.3) is 0 Å². The molecule has 0 saturated carbocycles. The Morgan fingerprint density at radius 2 is 1.93 bits per heavy atom. The van der Waals surface area contributed by atoms with Crippen molar-refractivity contribution in [1.29, 1.82) is 0 Å². The predicted octanol–water partition coefficient (Wildman–Crippen LogP) is 3.11. The van der Waals surface area contributed by atoms with Crippen molar-refractivity contribution >= 4 is 17.7 Å². The fourth-order valence-corrected chi connectivity index (χ4v) is 1.84. The zero-order valence-electron chi connectivity index (χ0n) is 9.32. The van der Waals surface area contributed by atoms with E-state index < -0.39 is 0 Å². The summed E-state index contributed by atoms with van der Waals surface area (Å²) in [7, 11) is 1.39. The lowest BCUT2D eigenvalue weighted by atomic mass is 10.1. The molecular formula is C12H16O2S. The van der Waals surface area contributed by atoms with E-state index in [9.17, 15) is 4.79 Å². The van der Waals surface area contributed by atoms with Gasteiger partial charge in [0.05, 0.1) is 12.7 Å². The van der Waals surface area contributed by atoms with Crippen LogP contribution in [0.25, 0.3) is 0 Å². The number of hydrogen-bond donors (Lipinski definition) is 0. The first kappa shape index (κ1) is 12.1. The van der Waals surface area contributed by atoms with E-state index in [4.69, 9.17) is 0 Å². The Morgan fingerprint density at radius 1 is 1.33 bits per heavy atom. The molecule has 0 heterocycles. The second kappa shape index (κ2) is 5.81. The van der Waals surface area contributed by atoms with Crippen LogP contribution in [-0.4, -0.2) is 18.3 Å². The van der Waals surface area contributed by atoms with Crippen LogP contribution in [0.1, 0.15) is 29.8 Å². The molecule has 3 heteroatoms. The van der Waals surface area contributed by atoms with Crippen molar-refractivity contribution in [3.05, 3.63) is 35.4 Å². The summed E-state index contributed by atoms with van der Waals surface area (Å²) in [5, 5.41) is 0.630. The number of benzene rings is 1. The standard InChI is InChI=1S/C12H16O2S/c1-9(2)15-8-10-4-6-11(7-5-10)12(13)14-3/h4-7,9H,8H2,1-3H3. The van der Waals surface area contributed by atoms with Crippen molar-refractivity contribution in [1.82, 2.24) is 0 Å². The maximum absolute atomic E-state index is 11.2. The Morgan fingerprint density at radius 3 is 2.40 bits per heavy atom. The van der Waals surface area contributed by atoms with E-state index in [0.717, 1.165) is 5.75 Å². The lowest BCUT2D eigenvalue weighted by Crippen LogP contribution is -2.00. The Balaban J connectivity index is 2.60. The van der Waals surface area contributed by atoms with Gasteiger partial charge in [-0.15, -0.1) is 0 Å². The number of esters is 1. The number of thioether (sulfide) groups is 1. The summed E-state index contributed by atoms with van der Waals surface area (Å²) in [5.41, 5.74) is 1.84. The summed E-state index contributed by atoms with van der Waals surface area (Å²) < 4.78 is 4.63. The Bertz CT molecular complexity index is 317. The third-order valence-corrected chi connectivity index (χ3v) is 3.13. The number of methoxy groups -OCH3 is 1. The number of hydrogen-bond acceptors (Lipinski definition) is 3. The first-order chi connectivity index (χ1) is 7.13. The maximum atomic E-state index is 11.2. The molecule has 0 unspecified atom stereocenters. The summed E-state index contributed by atoms with van der Waals surface area (Å²) in [5.74, 6) is 0.706. The fraction of sp³-hybridized carbons (Fsp3) is 0.417. The molecule has 0 radical (unpaired) electrons. The molecule has 0 spiro atoms. The van der Waals surface area contributed by atoms with Crippen LogP contribution in [0.2, 0.25) is 0 Å². The van der Waals surface area contributed by atoms with Gasteiger partial charge in [0.2, 0.25) is 0 Å². The first-order valence-electron chi connectivity index (χ1n) is 4.92. The summed E-state index contributed by atoms with van der Waals surface area (Å²) in [6.45, 7) is 4.35. The maximum Gasteiger partial charge on any atom is 0.337 e. The van der Waals surface area contributed by atoms with Gasteiger partial charge in [-0.1, -0.05) is 26.0 Å². The van der Waals surface area contributed by atoms with Gasteiger partial charge in [-0.05, 0) is 22.9 Å². The molecule has 0 bridgehead atoms. The van der Waals surface area contributed by atoms with Crippen LogP contribution in [0.5, 0.6) is 0 Å². The van der Waals surface area contributed by atoms with E-state index in [-0.39, 0.29) is 5.97 Å². The van der Waals surface area contributed by atoms with E-state index in [1.54, 1.807) is 0 Å². The zero-order valence-corrected chi connectivity index (χ0v) is 10.1. The van der Waals surface area contributed by atoms with Crippen molar-refractivity contribution in [2.45, 2.75) is 24.9 Å². The zero-order chi connectivity index (χ0) is 11.3. The molecule has 1 aromatic carbocycles. The first-order valence-corrected chi connectivity index (χ1v) is 5.97. The van der Waals surface area contributed by atoms with Gasteiger partial charge < -0.3 is 4.74 Å². The molecule has 0 aliphatic heterocycles. The molecule has 0 aliphatic carbocycles. The molecule has 0 atom stereocenters. The molecular weight excluding hydrogens is 208 g/mol. The van der Waals surface area contributed by atoms with Crippen molar-refractivity contribution < 1.29 is 9.53 Å². The molecule has 1 rings (SSSR count). The van der Waals surface area contributed by atoms with Crippen LogP contribution >= 0.6 is 11.8 Å². The van der Waals surface area contributed by atoms with Gasteiger partial charge in [-0.25, -0.2) is 4.79 Å². The predicted molar refractivity (Wildman–Crippen MR) is 64.2 cm³/mol. The monoisotopic (exact) mass is 224 g/mol. The largest absolute Gasteiger partial charge is 0.465 e. The molecule has 0 amide bonds. The minimum absolute atomic E-state index is 0.280. The molecule has 15 heavy (non-hydrogen) atoms. The van der Waals surface area contributed by atoms with Gasteiger partial charge in [0, 0.05) is 5.75 Å². The van der Waals surface area contributed by atoms with Crippen molar-refractivity contribution in [2.75, 3.05) is 7.11 Å². The Kier molecular flexibility index (Phi) is 4.69. The average Bonchev–Trinajstić information content (AvgIpc) is 2.26. The summed E-state index contributed by atoms with van der Waals surface area (Å²) in [4.78, 5) is 11.2. The molecule has 82 valence electrons. The lowest BCUT2D eigenvalue weighted by Gasteiger charge is -2.05. The Hall–Kier alpha value is -0.960. The smallest absolute Gasteiger partial charge is 0.337 e. The molecule has 1 aromatic rings. The van der Waals surface area contributed by atoms with Gasteiger partial charge in [-0.2, -0.15) is 11.8 Å². The number of rotatable bonds is 4. The average molecular weight is 224 g/mol. The fourth-order valence-electron chi connectivity index (χ4n) is 1.12. The highest BCUT2D eigenvalue weighted by molar-refractivity contribution is 7.99. The SMILES string of the molecule is COC(=O)c1ccc(CSC(C)C)cc1. The van der Waals surface area contributed by atoms with E-state index in [0.29, 0.717) is 10.8 Å². The van der Waals surface area contributed by atoms with Gasteiger partial charge >= 0.3 is 5.97 Å². The number of carbonyl (C=O) groups excluding carboxylic acids is 1. The third kappa shape index (κ3) is 3.96. The van der Waals surface area contributed by atoms with Crippen LogP contribution in [0, 0.1) is 0 Å². The molecule has 2 nitrogen and oxygen atoms in total. The highest BCUT2D eigenvalue weighted by Crippen LogP contribution is 2.17. The van der Waals surface area contributed by atoms with E-state index in [1.165, 1.54) is 12.7 Å². The highest BCUT2D eigenvalue weighted by Gasteiger charge is 2.04. The number of ether oxygens (including phenoxy) is 1. The molecule has 0 aromatic heterocycles. The van der Waals surface area contributed by atoms with Crippen molar-refractivity contribution in [3.63, 3.8) is 0 Å². The topological polar surface area (TPSA) is 26.3 Å². The second-order valence-corrected chi connectivity index (χ2v) is 5.11. The molecule has 0 N–H and O–H groups in total. The minimum Gasteiger partial charge on any atom is -0.465 e. The molecule has 0 saturated heterocycles. The Labute approximate surface area is 95.0 Å². The van der Waals surface area contributed by atoms with Crippen LogP contribution in [0.3, 0.4) is 0 Å². The van der Waals surface area contributed by atoms with E-state index >= 15 is 0 Å². The van der Waals surface area contributed by atoms with Crippen LogP contribution < -0.4 is 0 Å². The van der Waals surface area contributed by atoms with Crippen LogP contribution in [0.4, 0.5) is 0 Å². The summed E-state index contributed by atoms with van der Waals surface area (Å²) in [6, 6.07) is 7.56. The lowest BCUT2D eigenvalue weighted by molar-refractivity contribution is 0.0601. The quantitative estimate of drug-likeness (QED) is 0.735. The van der Waals surface area contributed by atoms with E-state index in [1.807, 2.05) is 36.0 Å². The normalized spacial score (nSPS) is 10.4. The highest BCUT2D eigenvalue weighted by atomic mass is 32.2. The molecule has 0 aliphatic rings. The summed E-state index contributed by atoms with van der Waals surface area (Å²) in [6.07, 6.45) is 0. The second-order valence-electron chi connectivity index (χ2n) is 3.55. The number of carbonyl (C=O) groups is 1. The van der Waals surface area contributed by atoms with Crippen molar-refractivity contribution in [3.8, 4) is 0 Å². The summed E-state index contributed by atoms with van der Waals surface area (Å²) >= 11 is 1.89. The molecule has 0 fully saturated rings. The van der Waals surface area contributed by atoms with Gasteiger partial charge in [0.15, 0.2) is 0 Å². The van der Waals surface area contributed by atoms with Gasteiger partial charge in [-0.3, -0.25) is 0 Å². The minimum atomic E-state index is -0.280. The van der Waals surface area contributed by atoms with Crippen LogP contribution in [-0.2, 0) is 10.5 Å².